The van der Waals surface area contributed by atoms with Crippen LogP contribution in [0.4, 0.5) is 11.4 Å². The van der Waals surface area contributed by atoms with Gasteiger partial charge in [0.05, 0.1) is 40.8 Å². The third-order valence-electron chi connectivity index (χ3n) is 5.69. The van der Waals surface area contributed by atoms with Crippen molar-refractivity contribution in [2.75, 3.05) is 18.5 Å². The summed E-state index contributed by atoms with van der Waals surface area (Å²) in [5, 5.41) is 7.27. The molecule has 0 unspecified atom stereocenters. The molecule has 2 aliphatic heterocycles. The predicted molar refractivity (Wildman–Crippen MR) is 116 cm³/mol. The fraction of sp³-hybridized carbons (Fsp3) is 0.409. The minimum Gasteiger partial charge on any atom is -0.381 e. The lowest BCUT2D eigenvalue weighted by atomic mass is 9.85. The number of halogens is 1. The van der Waals surface area contributed by atoms with Crippen LogP contribution in [0.15, 0.2) is 43.0 Å². The van der Waals surface area contributed by atoms with Crippen LogP contribution < -0.4 is 10.6 Å². The number of aromatic nitrogens is 2. The zero-order chi connectivity index (χ0) is 21.3. The number of hydrogen-bond donors (Lipinski definition) is 2. The molecule has 4 rings (SSSR count). The number of anilines is 2. The molecule has 1 atom stereocenters. The van der Waals surface area contributed by atoms with Gasteiger partial charge in [0.2, 0.25) is 5.91 Å². The Morgan fingerprint density at radius 3 is 2.67 bits per heavy atom. The Morgan fingerprint density at radius 2 is 2.00 bits per heavy atom. The lowest BCUT2D eigenvalue weighted by molar-refractivity contribution is -0.137. The molecule has 2 aromatic rings. The van der Waals surface area contributed by atoms with Crippen molar-refractivity contribution >= 4 is 28.9 Å². The number of carbonyl (C=O) groups is 1. The quantitative estimate of drug-likeness (QED) is 0.771. The largest absolute Gasteiger partial charge is 0.381 e. The first kappa shape index (κ1) is 20.6. The zero-order valence-corrected chi connectivity index (χ0v) is 18.0. The number of hydrogen-bond acceptors (Lipinski definition) is 6. The molecule has 2 fully saturated rings. The highest BCUT2D eigenvalue weighted by Crippen LogP contribution is 2.40. The molecular weight excluding hydrogens is 402 g/mol. The van der Waals surface area contributed by atoms with Crippen LogP contribution in [-0.2, 0) is 15.1 Å². The average Bonchev–Trinajstić information content (AvgIpc) is 2.71. The van der Waals surface area contributed by atoms with Gasteiger partial charge in [-0.05, 0) is 38.3 Å². The van der Waals surface area contributed by atoms with Crippen LogP contribution in [0.1, 0.15) is 37.6 Å². The number of ether oxygens (including phenoxy) is 1. The van der Waals surface area contributed by atoms with E-state index in [1.54, 1.807) is 17.3 Å². The number of carbonyl (C=O) groups excluding carboxylic acids is 1. The summed E-state index contributed by atoms with van der Waals surface area (Å²) in [6.45, 7) is 9.30. The van der Waals surface area contributed by atoms with Gasteiger partial charge in [0.15, 0.2) is 0 Å². The number of aryl methyl sites for hydroxylation is 1. The Kier molecular flexibility index (Phi) is 5.66. The summed E-state index contributed by atoms with van der Waals surface area (Å²) < 4.78 is 5.43. The van der Waals surface area contributed by atoms with E-state index >= 15 is 0 Å². The van der Waals surface area contributed by atoms with E-state index in [1.165, 1.54) is 0 Å². The molecule has 8 heteroatoms. The zero-order valence-electron chi connectivity index (χ0n) is 17.2. The number of nitrogens with one attached hydrogen (secondary N) is 2. The summed E-state index contributed by atoms with van der Waals surface area (Å²) in [6.07, 6.45) is 5.36. The second-order valence-electron chi connectivity index (χ2n) is 8.00. The van der Waals surface area contributed by atoms with Gasteiger partial charge in [0, 0.05) is 19.3 Å². The van der Waals surface area contributed by atoms with E-state index in [4.69, 9.17) is 16.3 Å². The van der Waals surface area contributed by atoms with E-state index in [0.717, 1.165) is 29.8 Å². The molecule has 158 valence electrons. The van der Waals surface area contributed by atoms with Crippen LogP contribution >= 0.6 is 11.6 Å². The summed E-state index contributed by atoms with van der Waals surface area (Å²) in [5.41, 5.74) is 1.65. The van der Waals surface area contributed by atoms with Crippen molar-refractivity contribution in [2.24, 2.45) is 0 Å². The SMILES string of the molecule is C=C1N[C@](C)(c2cccc(Nc3cnc(C)nc3)c2Cl)CC(=O)N1C1CCOCC1. The summed E-state index contributed by atoms with van der Waals surface area (Å²) in [6, 6.07) is 5.88. The molecule has 0 bridgehead atoms. The molecule has 30 heavy (non-hydrogen) atoms. The van der Waals surface area contributed by atoms with E-state index < -0.39 is 5.54 Å². The summed E-state index contributed by atoms with van der Waals surface area (Å²) in [4.78, 5) is 23.3. The van der Waals surface area contributed by atoms with Gasteiger partial charge in [-0.3, -0.25) is 9.69 Å². The van der Waals surface area contributed by atoms with Crippen molar-refractivity contribution in [1.82, 2.24) is 20.2 Å². The highest BCUT2D eigenvalue weighted by atomic mass is 35.5. The van der Waals surface area contributed by atoms with Crippen LogP contribution in [0.3, 0.4) is 0 Å². The van der Waals surface area contributed by atoms with Crippen LogP contribution in [0.5, 0.6) is 0 Å². The second kappa shape index (κ2) is 8.24. The summed E-state index contributed by atoms with van der Waals surface area (Å²) in [5.74, 6) is 1.36. The predicted octanol–water partition coefficient (Wildman–Crippen LogP) is 3.87. The van der Waals surface area contributed by atoms with Gasteiger partial charge >= 0.3 is 0 Å². The molecule has 2 N–H and O–H groups in total. The normalized spacial score (nSPS) is 22.7. The van der Waals surface area contributed by atoms with Crippen LogP contribution in [0, 0.1) is 6.92 Å². The Hall–Kier alpha value is -2.64. The first-order chi connectivity index (χ1) is 14.4. The number of rotatable bonds is 4. The van der Waals surface area contributed by atoms with Crippen LogP contribution in [-0.4, -0.2) is 40.0 Å². The van der Waals surface area contributed by atoms with Gasteiger partial charge in [-0.15, -0.1) is 0 Å². The van der Waals surface area contributed by atoms with E-state index in [-0.39, 0.29) is 11.9 Å². The van der Waals surface area contributed by atoms with E-state index in [1.807, 2.05) is 32.0 Å². The molecule has 0 spiro atoms. The maximum atomic E-state index is 13.1. The Balaban J connectivity index is 1.58. The molecule has 1 amide bonds. The molecule has 0 radical (unpaired) electrons. The smallest absolute Gasteiger partial charge is 0.231 e. The molecule has 2 saturated heterocycles. The molecule has 0 saturated carbocycles. The van der Waals surface area contributed by atoms with Crippen molar-refractivity contribution < 1.29 is 9.53 Å². The molecule has 7 nitrogen and oxygen atoms in total. The maximum Gasteiger partial charge on any atom is 0.231 e. The number of nitrogens with zero attached hydrogens (tertiary/aromatic N) is 3. The highest BCUT2D eigenvalue weighted by molar-refractivity contribution is 6.34. The van der Waals surface area contributed by atoms with Crippen molar-refractivity contribution in [3.05, 3.63) is 59.4 Å². The van der Waals surface area contributed by atoms with E-state index in [2.05, 4.69) is 27.2 Å². The Morgan fingerprint density at radius 1 is 1.30 bits per heavy atom. The molecular formula is C22H26ClN5O2. The van der Waals surface area contributed by atoms with Crippen LogP contribution in [0.25, 0.3) is 0 Å². The lowest BCUT2D eigenvalue weighted by Crippen LogP contribution is -2.57. The first-order valence-corrected chi connectivity index (χ1v) is 10.5. The number of benzene rings is 1. The second-order valence-corrected chi connectivity index (χ2v) is 8.38. The van der Waals surface area contributed by atoms with E-state index in [9.17, 15) is 4.79 Å². The monoisotopic (exact) mass is 427 g/mol. The van der Waals surface area contributed by atoms with Gasteiger partial charge < -0.3 is 15.4 Å². The molecule has 3 heterocycles. The standard InChI is InChI=1S/C22H26ClN5O2/c1-14-24-12-16(13-25-14)26-19-6-4-5-18(21(19)23)22(3)11-20(29)28(15(2)27-22)17-7-9-30-10-8-17/h4-6,12-13,17,26-27H,2,7-11H2,1,3H3/t22-/m0/s1. The average molecular weight is 428 g/mol. The Bertz CT molecular complexity index is 939. The van der Waals surface area contributed by atoms with Crippen molar-refractivity contribution in [2.45, 2.75) is 44.7 Å². The van der Waals surface area contributed by atoms with Crippen LogP contribution in [0.2, 0.25) is 5.02 Å². The van der Waals surface area contributed by atoms with Crippen molar-refractivity contribution in [1.29, 1.82) is 0 Å². The Labute approximate surface area is 181 Å². The van der Waals surface area contributed by atoms with Gasteiger partial charge in [0.25, 0.3) is 0 Å². The van der Waals surface area contributed by atoms with Crippen molar-refractivity contribution in [3.8, 4) is 0 Å². The third-order valence-corrected chi connectivity index (χ3v) is 6.10. The maximum absolute atomic E-state index is 13.1. The molecule has 2 aliphatic rings. The molecule has 0 aliphatic carbocycles. The van der Waals surface area contributed by atoms with Gasteiger partial charge in [-0.2, -0.15) is 0 Å². The van der Waals surface area contributed by atoms with Gasteiger partial charge in [-0.1, -0.05) is 30.3 Å². The van der Waals surface area contributed by atoms with Gasteiger partial charge in [0.1, 0.15) is 11.6 Å². The fourth-order valence-corrected chi connectivity index (χ4v) is 4.54. The molecule has 1 aromatic heterocycles. The fourth-order valence-electron chi connectivity index (χ4n) is 4.16. The summed E-state index contributed by atoms with van der Waals surface area (Å²) >= 11 is 6.78. The highest BCUT2D eigenvalue weighted by Gasteiger charge is 2.42. The van der Waals surface area contributed by atoms with E-state index in [0.29, 0.717) is 36.3 Å². The summed E-state index contributed by atoms with van der Waals surface area (Å²) in [7, 11) is 0. The van der Waals surface area contributed by atoms with Crippen molar-refractivity contribution in [3.63, 3.8) is 0 Å². The lowest BCUT2D eigenvalue weighted by Gasteiger charge is -2.46. The number of amides is 1. The third kappa shape index (κ3) is 4.00. The molecule has 1 aromatic carbocycles. The first-order valence-electron chi connectivity index (χ1n) is 10.1. The minimum atomic E-state index is -0.658. The van der Waals surface area contributed by atoms with Gasteiger partial charge in [-0.25, -0.2) is 9.97 Å². The minimum absolute atomic E-state index is 0.0505. The topological polar surface area (TPSA) is 79.4 Å².